The molecule has 7 nitrogen and oxygen atoms in total. The maximum atomic E-state index is 12.5. The van der Waals surface area contributed by atoms with E-state index in [4.69, 9.17) is 4.74 Å². The summed E-state index contributed by atoms with van der Waals surface area (Å²) in [7, 11) is 0. The van der Waals surface area contributed by atoms with Crippen molar-refractivity contribution in [2.75, 3.05) is 19.7 Å². The van der Waals surface area contributed by atoms with Gasteiger partial charge in [-0.2, -0.15) is 0 Å². The van der Waals surface area contributed by atoms with Crippen LogP contribution in [0.2, 0.25) is 0 Å². The first-order chi connectivity index (χ1) is 14.0. The second kappa shape index (κ2) is 10.1. The number of benzene rings is 1. The van der Waals surface area contributed by atoms with Crippen LogP contribution in [0.5, 0.6) is 5.75 Å². The average Bonchev–Trinajstić information content (AvgIpc) is 3.17. The number of nitrogens with zero attached hydrogens (tertiary/aromatic N) is 3. The summed E-state index contributed by atoms with van der Waals surface area (Å²) in [5.74, 6) is 0.834. The fourth-order valence-corrected chi connectivity index (χ4v) is 3.43. The molecule has 1 N–H and O–H groups in total. The molecule has 156 valence electrons. The molecule has 2 aromatic rings. The van der Waals surface area contributed by atoms with Crippen molar-refractivity contribution in [1.82, 2.24) is 19.8 Å². The van der Waals surface area contributed by atoms with Gasteiger partial charge in [0.25, 0.3) is 11.8 Å². The molecule has 0 unspecified atom stereocenters. The van der Waals surface area contributed by atoms with Gasteiger partial charge in [-0.15, -0.1) is 0 Å². The summed E-state index contributed by atoms with van der Waals surface area (Å²) in [5.41, 5.74) is 1.47. The summed E-state index contributed by atoms with van der Waals surface area (Å²) in [6.45, 7) is 7.16. The van der Waals surface area contributed by atoms with Crippen LogP contribution in [0, 0.1) is 5.92 Å². The lowest BCUT2D eigenvalue weighted by molar-refractivity contribution is -0.134. The Balaban J connectivity index is 1.52. The van der Waals surface area contributed by atoms with Crippen molar-refractivity contribution in [3.05, 3.63) is 48.0 Å². The largest absolute Gasteiger partial charge is 0.484 e. The van der Waals surface area contributed by atoms with Gasteiger partial charge in [0, 0.05) is 31.4 Å². The zero-order valence-electron chi connectivity index (χ0n) is 17.3. The molecule has 0 aliphatic carbocycles. The molecule has 1 aromatic heterocycles. The Morgan fingerprint density at radius 3 is 2.76 bits per heavy atom. The van der Waals surface area contributed by atoms with Gasteiger partial charge in [-0.1, -0.05) is 19.9 Å². The predicted octanol–water partition coefficient (Wildman–Crippen LogP) is 2.86. The van der Waals surface area contributed by atoms with E-state index in [0.29, 0.717) is 23.8 Å². The number of hydrogen-bond donors (Lipinski definition) is 1. The summed E-state index contributed by atoms with van der Waals surface area (Å²) >= 11 is 0. The maximum absolute atomic E-state index is 12.5. The van der Waals surface area contributed by atoms with Gasteiger partial charge in [0.05, 0.1) is 18.6 Å². The number of amides is 2. The number of aromatic nitrogens is 2. The van der Waals surface area contributed by atoms with Crippen molar-refractivity contribution >= 4 is 11.8 Å². The molecule has 2 heterocycles. The van der Waals surface area contributed by atoms with Crippen LogP contribution in [0.4, 0.5) is 0 Å². The standard InChI is InChI=1S/C22H30N4O3/c1-17(2)14-26-16-23-12-19(26)13-24-22(28)18-7-6-8-20(11-18)29-15-21(27)25-9-4-3-5-10-25/h6-8,11-12,16-17H,3-5,9-10,13-15H2,1-2H3,(H,24,28). The van der Waals surface area contributed by atoms with Crippen LogP contribution in [-0.2, 0) is 17.9 Å². The number of nitrogens with one attached hydrogen (secondary N) is 1. The van der Waals surface area contributed by atoms with E-state index in [9.17, 15) is 9.59 Å². The topological polar surface area (TPSA) is 76.5 Å². The van der Waals surface area contributed by atoms with E-state index in [0.717, 1.165) is 38.2 Å². The maximum Gasteiger partial charge on any atom is 0.260 e. The van der Waals surface area contributed by atoms with Gasteiger partial charge in [0.15, 0.2) is 6.61 Å². The average molecular weight is 399 g/mol. The molecule has 2 amide bonds. The molecule has 0 saturated carbocycles. The highest BCUT2D eigenvalue weighted by molar-refractivity contribution is 5.94. The number of likely N-dealkylation sites (tertiary alicyclic amines) is 1. The van der Waals surface area contributed by atoms with Crippen LogP contribution >= 0.6 is 0 Å². The molecule has 1 saturated heterocycles. The van der Waals surface area contributed by atoms with Gasteiger partial charge in [-0.05, 0) is 43.4 Å². The molecular weight excluding hydrogens is 368 g/mol. The van der Waals surface area contributed by atoms with Crippen LogP contribution in [0.3, 0.4) is 0 Å². The Morgan fingerprint density at radius 2 is 2.00 bits per heavy atom. The molecule has 7 heteroatoms. The number of carbonyl (C=O) groups excluding carboxylic acids is 2. The van der Waals surface area contributed by atoms with Crippen molar-refractivity contribution in [3.63, 3.8) is 0 Å². The lowest BCUT2D eigenvalue weighted by atomic mass is 10.1. The number of imidazole rings is 1. The molecule has 1 aliphatic heterocycles. The van der Waals surface area contributed by atoms with E-state index in [1.807, 2.05) is 4.90 Å². The summed E-state index contributed by atoms with van der Waals surface area (Å²) in [4.78, 5) is 30.8. The molecule has 1 fully saturated rings. The molecule has 0 bridgehead atoms. The minimum atomic E-state index is -0.185. The van der Waals surface area contributed by atoms with Crippen molar-refractivity contribution in [1.29, 1.82) is 0 Å². The zero-order chi connectivity index (χ0) is 20.6. The second-order valence-electron chi connectivity index (χ2n) is 7.87. The van der Waals surface area contributed by atoms with E-state index in [-0.39, 0.29) is 18.4 Å². The number of carbonyl (C=O) groups is 2. The van der Waals surface area contributed by atoms with Crippen LogP contribution in [0.1, 0.15) is 49.2 Å². The zero-order valence-corrected chi connectivity index (χ0v) is 17.3. The normalized spacial score (nSPS) is 14.1. The first kappa shape index (κ1) is 20.9. The molecule has 3 rings (SSSR count). The Hall–Kier alpha value is -2.83. The number of piperidine rings is 1. The van der Waals surface area contributed by atoms with Crippen molar-refractivity contribution < 1.29 is 14.3 Å². The minimum Gasteiger partial charge on any atom is -0.484 e. The van der Waals surface area contributed by atoms with Gasteiger partial charge in [-0.3, -0.25) is 9.59 Å². The molecular formula is C22H30N4O3. The van der Waals surface area contributed by atoms with Crippen LogP contribution in [0.25, 0.3) is 0 Å². The van der Waals surface area contributed by atoms with Crippen molar-refractivity contribution in [2.24, 2.45) is 5.92 Å². The SMILES string of the molecule is CC(C)Cn1cncc1CNC(=O)c1cccc(OCC(=O)N2CCCCC2)c1. The molecule has 1 aliphatic rings. The summed E-state index contributed by atoms with van der Waals surface area (Å²) < 4.78 is 7.69. The molecule has 1 aromatic carbocycles. The number of ether oxygens (including phenoxy) is 1. The van der Waals surface area contributed by atoms with Gasteiger partial charge in [-0.25, -0.2) is 4.98 Å². The fourth-order valence-electron chi connectivity index (χ4n) is 3.43. The summed E-state index contributed by atoms with van der Waals surface area (Å²) in [5, 5.41) is 2.93. The van der Waals surface area contributed by atoms with E-state index in [2.05, 4.69) is 28.7 Å². The molecule has 0 radical (unpaired) electrons. The first-order valence-electron chi connectivity index (χ1n) is 10.3. The fraction of sp³-hybridized carbons (Fsp3) is 0.500. The Morgan fingerprint density at radius 1 is 1.21 bits per heavy atom. The van der Waals surface area contributed by atoms with Crippen LogP contribution < -0.4 is 10.1 Å². The van der Waals surface area contributed by atoms with Crippen molar-refractivity contribution in [2.45, 2.75) is 46.2 Å². The molecule has 29 heavy (non-hydrogen) atoms. The Bertz CT molecular complexity index is 825. The summed E-state index contributed by atoms with van der Waals surface area (Å²) in [6, 6.07) is 6.93. The third-order valence-corrected chi connectivity index (χ3v) is 4.96. The first-order valence-corrected chi connectivity index (χ1v) is 10.3. The van der Waals surface area contributed by atoms with Gasteiger partial charge in [0.2, 0.25) is 0 Å². The van der Waals surface area contributed by atoms with E-state index in [1.54, 1.807) is 36.8 Å². The molecule has 0 atom stereocenters. The monoisotopic (exact) mass is 398 g/mol. The van der Waals surface area contributed by atoms with E-state index >= 15 is 0 Å². The second-order valence-corrected chi connectivity index (χ2v) is 7.87. The van der Waals surface area contributed by atoms with Gasteiger partial charge < -0.3 is 19.5 Å². The Labute approximate surface area is 172 Å². The van der Waals surface area contributed by atoms with Crippen LogP contribution in [-0.4, -0.2) is 46.0 Å². The van der Waals surface area contributed by atoms with Crippen molar-refractivity contribution in [3.8, 4) is 5.75 Å². The highest BCUT2D eigenvalue weighted by Gasteiger charge is 2.17. The Kier molecular flexibility index (Phi) is 7.27. The van der Waals surface area contributed by atoms with Crippen LogP contribution in [0.15, 0.2) is 36.8 Å². The quantitative estimate of drug-likeness (QED) is 0.742. The minimum absolute atomic E-state index is 0.000536. The highest BCUT2D eigenvalue weighted by Crippen LogP contribution is 2.15. The lowest BCUT2D eigenvalue weighted by Crippen LogP contribution is -2.38. The predicted molar refractivity (Wildman–Crippen MR) is 111 cm³/mol. The van der Waals surface area contributed by atoms with Gasteiger partial charge >= 0.3 is 0 Å². The van der Waals surface area contributed by atoms with E-state index in [1.165, 1.54) is 6.42 Å². The highest BCUT2D eigenvalue weighted by atomic mass is 16.5. The molecule has 0 spiro atoms. The number of rotatable bonds is 8. The smallest absolute Gasteiger partial charge is 0.260 e. The van der Waals surface area contributed by atoms with Gasteiger partial charge in [0.1, 0.15) is 5.75 Å². The lowest BCUT2D eigenvalue weighted by Gasteiger charge is -2.26. The third kappa shape index (κ3) is 6.07. The third-order valence-electron chi connectivity index (χ3n) is 4.96. The van der Waals surface area contributed by atoms with E-state index < -0.39 is 0 Å². The summed E-state index contributed by atoms with van der Waals surface area (Å²) in [6.07, 6.45) is 6.85. The number of hydrogen-bond acceptors (Lipinski definition) is 4.